The molecule has 1 rings (SSSR count). The van der Waals surface area contributed by atoms with Crippen LogP contribution in [0.15, 0.2) is 0 Å². The first-order valence-electron chi connectivity index (χ1n) is 5.76. The van der Waals surface area contributed by atoms with Gasteiger partial charge in [-0.15, -0.1) is 0 Å². The van der Waals surface area contributed by atoms with Gasteiger partial charge in [0.15, 0.2) is 11.8 Å². The van der Waals surface area contributed by atoms with Crippen LogP contribution in [-0.4, -0.2) is 47.0 Å². The monoisotopic (exact) mass is 271 g/mol. The number of likely N-dealkylation sites (tertiary alicyclic amines) is 1. The van der Waals surface area contributed by atoms with E-state index >= 15 is 0 Å². The number of aliphatic hydroxyl groups excluding tert-OH is 1. The Hall–Kier alpha value is -0.850. The molecule has 0 aromatic heterocycles. The molecule has 1 heterocycles. The Labute approximate surface area is 103 Å². The fourth-order valence-electron chi connectivity index (χ4n) is 2.06. The molecule has 1 N–H and O–H groups in total. The van der Waals surface area contributed by atoms with Crippen LogP contribution in [0, 0.1) is 5.92 Å². The van der Waals surface area contributed by atoms with Gasteiger partial charge < -0.3 is 10.0 Å². The van der Waals surface area contributed by atoms with Crippen molar-refractivity contribution < 1.29 is 27.5 Å². The van der Waals surface area contributed by atoms with E-state index in [4.69, 9.17) is 5.11 Å². The van der Waals surface area contributed by atoms with E-state index in [0.29, 0.717) is 0 Å². The number of carbonyl (C=O) groups excluding carboxylic acids is 1. The topological polar surface area (TPSA) is 40.5 Å². The summed E-state index contributed by atoms with van der Waals surface area (Å²) in [5, 5.41) is 9.09. The van der Waals surface area contributed by atoms with Crippen LogP contribution in [0.4, 0.5) is 17.6 Å². The van der Waals surface area contributed by atoms with Crippen LogP contribution >= 0.6 is 0 Å². The van der Waals surface area contributed by atoms with Crippen LogP contribution < -0.4 is 0 Å². The summed E-state index contributed by atoms with van der Waals surface area (Å²) in [6, 6.07) is 0. The summed E-state index contributed by atoms with van der Waals surface area (Å²) in [4.78, 5) is 12.8. The van der Waals surface area contributed by atoms with Crippen molar-refractivity contribution in [3.8, 4) is 0 Å². The number of hydrogen-bond acceptors (Lipinski definition) is 2. The van der Waals surface area contributed by atoms with Gasteiger partial charge in [0, 0.05) is 13.1 Å². The van der Waals surface area contributed by atoms with E-state index in [1.807, 2.05) is 0 Å². The fraction of sp³-hybridized carbons (Fsp3) is 0.909. The van der Waals surface area contributed by atoms with E-state index in [1.165, 1.54) is 4.90 Å². The van der Waals surface area contributed by atoms with Crippen molar-refractivity contribution in [2.45, 2.75) is 44.6 Å². The van der Waals surface area contributed by atoms with Gasteiger partial charge in [-0.05, 0) is 32.6 Å². The third-order valence-electron chi connectivity index (χ3n) is 3.12. The molecule has 0 saturated carbocycles. The molecule has 0 aromatic carbocycles. The first-order valence-corrected chi connectivity index (χ1v) is 5.76. The standard InChI is InChI=1S/C11H17F4NO2/c1-10(2,12)9(18)16-5-3-7(4-6-16)8(17)11(13,14)15/h7-8,17H,3-6H2,1-2H3. The van der Waals surface area contributed by atoms with Crippen LogP contribution in [0.3, 0.4) is 0 Å². The van der Waals surface area contributed by atoms with Crippen molar-refractivity contribution >= 4 is 5.91 Å². The Morgan fingerprint density at radius 2 is 1.67 bits per heavy atom. The zero-order valence-electron chi connectivity index (χ0n) is 10.3. The van der Waals surface area contributed by atoms with Crippen molar-refractivity contribution in [2.75, 3.05) is 13.1 Å². The van der Waals surface area contributed by atoms with Crippen LogP contribution in [0.1, 0.15) is 26.7 Å². The van der Waals surface area contributed by atoms with Gasteiger partial charge in [-0.25, -0.2) is 4.39 Å². The maximum absolute atomic E-state index is 13.4. The molecular formula is C11H17F4NO2. The lowest BCUT2D eigenvalue weighted by atomic mass is 9.90. The Balaban J connectivity index is 2.54. The summed E-state index contributed by atoms with van der Waals surface area (Å²) in [6.07, 6.45) is -6.95. The molecule has 0 aromatic rings. The van der Waals surface area contributed by atoms with Gasteiger partial charge in [-0.3, -0.25) is 4.79 Å². The number of alkyl halides is 4. The molecule has 0 aliphatic carbocycles. The van der Waals surface area contributed by atoms with Crippen molar-refractivity contribution in [1.29, 1.82) is 0 Å². The molecule has 3 nitrogen and oxygen atoms in total. The predicted molar refractivity (Wildman–Crippen MR) is 56.6 cm³/mol. The predicted octanol–water partition coefficient (Wildman–Crippen LogP) is 1.90. The van der Waals surface area contributed by atoms with Gasteiger partial charge in [-0.2, -0.15) is 13.2 Å². The van der Waals surface area contributed by atoms with Crippen molar-refractivity contribution in [3.05, 3.63) is 0 Å². The molecule has 106 valence electrons. The summed E-state index contributed by atoms with van der Waals surface area (Å²) >= 11 is 0. The number of rotatable bonds is 2. The molecule has 0 spiro atoms. The van der Waals surface area contributed by atoms with E-state index in [-0.39, 0.29) is 25.9 Å². The lowest BCUT2D eigenvalue weighted by Crippen LogP contribution is -2.49. The highest BCUT2D eigenvalue weighted by molar-refractivity contribution is 5.84. The molecule has 1 aliphatic rings. The largest absolute Gasteiger partial charge is 0.414 e. The van der Waals surface area contributed by atoms with E-state index in [0.717, 1.165) is 13.8 Å². The average Bonchev–Trinajstić information content (AvgIpc) is 2.25. The smallest absolute Gasteiger partial charge is 0.383 e. The van der Waals surface area contributed by atoms with Crippen molar-refractivity contribution in [3.63, 3.8) is 0 Å². The average molecular weight is 271 g/mol. The second-order valence-corrected chi connectivity index (χ2v) is 5.09. The van der Waals surface area contributed by atoms with Gasteiger partial charge >= 0.3 is 6.18 Å². The molecule has 0 bridgehead atoms. The van der Waals surface area contributed by atoms with Crippen LogP contribution in [-0.2, 0) is 4.79 Å². The number of hydrogen-bond donors (Lipinski definition) is 1. The molecule has 0 radical (unpaired) electrons. The summed E-state index contributed by atoms with van der Waals surface area (Å²) in [7, 11) is 0. The third kappa shape index (κ3) is 3.57. The second-order valence-electron chi connectivity index (χ2n) is 5.09. The summed E-state index contributed by atoms with van der Waals surface area (Å²) in [5.41, 5.74) is -2.02. The summed E-state index contributed by atoms with van der Waals surface area (Å²) < 4.78 is 50.3. The summed E-state index contributed by atoms with van der Waals surface area (Å²) in [6.45, 7) is 2.33. The first-order chi connectivity index (χ1) is 8.03. The Bertz CT molecular complexity index is 303. The van der Waals surface area contributed by atoms with E-state index in [2.05, 4.69) is 0 Å². The van der Waals surface area contributed by atoms with Crippen molar-refractivity contribution in [1.82, 2.24) is 4.90 Å². The number of piperidine rings is 1. The molecule has 18 heavy (non-hydrogen) atoms. The zero-order chi connectivity index (χ0) is 14.1. The number of halogens is 4. The number of nitrogens with zero attached hydrogens (tertiary/aromatic N) is 1. The quantitative estimate of drug-likeness (QED) is 0.779. The molecule has 1 saturated heterocycles. The van der Waals surface area contributed by atoms with E-state index in [9.17, 15) is 22.4 Å². The van der Waals surface area contributed by atoms with Gasteiger partial charge in [0.25, 0.3) is 5.91 Å². The molecule has 1 unspecified atom stereocenters. The Kier molecular flexibility index (Phi) is 4.25. The van der Waals surface area contributed by atoms with Gasteiger partial charge in [0.1, 0.15) is 0 Å². The second kappa shape index (κ2) is 5.03. The normalized spacial score (nSPS) is 20.9. The van der Waals surface area contributed by atoms with Gasteiger partial charge in [0.05, 0.1) is 0 Å². The van der Waals surface area contributed by atoms with Crippen LogP contribution in [0.2, 0.25) is 0 Å². The highest BCUT2D eigenvalue weighted by Crippen LogP contribution is 2.32. The minimum absolute atomic E-state index is 0.0303. The maximum atomic E-state index is 13.4. The highest BCUT2D eigenvalue weighted by atomic mass is 19.4. The van der Waals surface area contributed by atoms with E-state index < -0.39 is 29.8 Å². The highest BCUT2D eigenvalue weighted by Gasteiger charge is 2.45. The molecule has 1 aliphatic heterocycles. The lowest BCUT2D eigenvalue weighted by Gasteiger charge is -2.36. The number of amides is 1. The molecule has 1 fully saturated rings. The SMILES string of the molecule is CC(C)(F)C(=O)N1CCC(C(O)C(F)(F)F)CC1. The number of carbonyl (C=O) groups is 1. The zero-order valence-corrected chi connectivity index (χ0v) is 10.3. The van der Waals surface area contributed by atoms with Crippen LogP contribution in [0.5, 0.6) is 0 Å². The Morgan fingerprint density at radius 1 is 1.22 bits per heavy atom. The van der Waals surface area contributed by atoms with Crippen molar-refractivity contribution in [2.24, 2.45) is 5.92 Å². The third-order valence-corrected chi connectivity index (χ3v) is 3.12. The summed E-state index contributed by atoms with van der Waals surface area (Å²) in [5.74, 6) is -1.64. The maximum Gasteiger partial charge on any atom is 0.414 e. The molecule has 1 amide bonds. The van der Waals surface area contributed by atoms with Gasteiger partial charge in [0.2, 0.25) is 0 Å². The number of aliphatic hydroxyl groups is 1. The van der Waals surface area contributed by atoms with E-state index in [1.54, 1.807) is 0 Å². The molecular weight excluding hydrogens is 254 g/mol. The minimum Gasteiger partial charge on any atom is -0.383 e. The fourth-order valence-corrected chi connectivity index (χ4v) is 2.06. The minimum atomic E-state index is -4.64. The van der Waals surface area contributed by atoms with Gasteiger partial charge in [-0.1, -0.05) is 0 Å². The first kappa shape index (κ1) is 15.2. The molecule has 7 heteroatoms. The Morgan fingerprint density at radius 3 is 2.00 bits per heavy atom. The van der Waals surface area contributed by atoms with Crippen LogP contribution in [0.25, 0.3) is 0 Å². The lowest BCUT2D eigenvalue weighted by molar-refractivity contribution is -0.223. The molecule has 1 atom stereocenters.